The van der Waals surface area contributed by atoms with E-state index < -0.39 is 5.79 Å². The second-order valence-corrected chi connectivity index (χ2v) is 11.3. The molecule has 0 saturated carbocycles. The fourth-order valence-corrected chi connectivity index (χ4v) is 5.99. The van der Waals surface area contributed by atoms with Gasteiger partial charge in [-0.05, 0) is 53.4 Å². The minimum absolute atomic E-state index is 0.181. The molecule has 0 amide bonds. The maximum Gasteiger partial charge on any atom is 0.215 e. The summed E-state index contributed by atoms with van der Waals surface area (Å²) in [5.74, 6) is -0.223. The molecule has 0 spiro atoms. The molecule has 8 heteroatoms. The van der Waals surface area contributed by atoms with Crippen molar-refractivity contribution < 1.29 is 14.2 Å². The third kappa shape index (κ3) is 6.85. The van der Waals surface area contributed by atoms with E-state index in [-0.39, 0.29) is 6.10 Å². The van der Waals surface area contributed by atoms with E-state index in [1.165, 1.54) is 16.7 Å². The number of fused-ring (bicyclic) bond motifs is 1. The predicted molar refractivity (Wildman–Crippen MR) is 161 cm³/mol. The first-order valence-corrected chi connectivity index (χ1v) is 14.6. The number of rotatable bonds is 9. The van der Waals surface area contributed by atoms with E-state index in [0.717, 1.165) is 37.4 Å². The highest BCUT2D eigenvalue weighted by molar-refractivity contribution is 6.35. The van der Waals surface area contributed by atoms with Gasteiger partial charge in [-0.2, -0.15) is 0 Å². The molecule has 3 aromatic carbocycles. The first-order valence-electron chi connectivity index (χ1n) is 13.9. The number of hydrogen-bond donors (Lipinski definition) is 0. The van der Waals surface area contributed by atoms with Gasteiger partial charge in [-0.25, -0.2) is 4.98 Å². The fraction of sp³-hybridized carbons (Fsp3) is 0.303. The largest absolute Gasteiger partial charge is 0.491 e. The van der Waals surface area contributed by atoms with Crippen molar-refractivity contribution in [3.8, 4) is 5.75 Å². The fourth-order valence-electron chi connectivity index (χ4n) is 5.43. The van der Waals surface area contributed by atoms with E-state index in [1.54, 1.807) is 24.7 Å². The quantitative estimate of drug-likeness (QED) is 0.215. The van der Waals surface area contributed by atoms with Crippen LogP contribution in [0.2, 0.25) is 10.0 Å². The van der Waals surface area contributed by atoms with Crippen molar-refractivity contribution >= 4 is 29.3 Å². The molecule has 2 unspecified atom stereocenters. The summed E-state index contributed by atoms with van der Waals surface area (Å²) >= 11 is 12.8. The van der Waals surface area contributed by atoms with E-state index >= 15 is 0 Å². The Morgan fingerprint density at radius 2 is 2.00 bits per heavy atom. The van der Waals surface area contributed by atoms with Gasteiger partial charge in [-0.3, -0.25) is 4.90 Å². The summed E-state index contributed by atoms with van der Waals surface area (Å²) in [5.41, 5.74) is 4.63. The lowest BCUT2D eigenvalue weighted by Gasteiger charge is -2.41. The highest BCUT2D eigenvalue weighted by atomic mass is 35.5. The van der Waals surface area contributed by atoms with Crippen molar-refractivity contribution in [2.24, 2.45) is 0 Å². The first kappa shape index (κ1) is 28.0. The van der Waals surface area contributed by atoms with Crippen LogP contribution in [-0.2, 0) is 34.8 Å². The lowest BCUT2D eigenvalue weighted by molar-refractivity contribution is -0.312. The monoisotopic (exact) mass is 588 g/mol. The number of halogens is 2. The van der Waals surface area contributed by atoms with Crippen LogP contribution in [0.25, 0.3) is 6.08 Å². The molecule has 0 bridgehead atoms. The molecule has 6 rings (SSSR count). The maximum absolute atomic E-state index is 6.64. The first-order chi connectivity index (χ1) is 20.1. The van der Waals surface area contributed by atoms with Gasteiger partial charge in [-0.15, -0.1) is 0 Å². The lowest BCUT2D eigenvalue weighted by Crippen LogP contribution is -2.47. The molecule has 0 aliphatic carbocycles. The van der Waals surface area contributed by atoms with E-state index in [0.29, 0.717) is 36.2 Å². The summed E-state index contributed by atoms with van der Waals surface area (Å²) in [6.45, 7) is 4.20. The van der Waals surface area contributed by atoms with Crippen molar-refractivity contribution in [1.29, 1.82) is 0 Å². The predicted octanol–water partition coefficient (Wildman–Crippen LogP) is 6.80. The Morgan fingerprint density at radius 3 is 2.83 bits per heavy atom. The van der Waals surface area contributed by atoms with Crippen LogP contribution in [0, 0.1) is 6.07 Å². The molecular weight excluding hydrogens is 557 g/mol. The van der Waals surface area contributed by atoms with Crippen molar-refractivity contribution in [1.82, 2.24) is 14.5 Å². The number of ether oxygens (including phenoxy) is 3. The van der Waals surface area contributed by atoms with Crippen LogP contribution in [0.3, 0.4) is 0 Å². The summed E-state index contributed by atoms with van der Waals surface area (Å²) in [6.07, 6.45) is 11.3. The number of benzene rings is 3. The average molecular weight is 590 g/mol. The van der Waals surface area contributed by atoms with Crippen LogP contribution in [0.1, 0.15) is 28.7 Å². The molecule has 2 aliphatic rings. The standard InChI is InChI=1S/C33H32Cl2N3O3/c34-28-9-11-31(32(35)20-28)33(23-38-17-14-36-24-38)40-18-13-30(41-33)22-39-29-10-8-27-21-37(16-12-26(27)19-29)15-4-7-25-5-2-1-3-6-25/h2-11,14,17,19-20,24,30H,12-13,15-16,18,21-23H2/b7-4-. The normalized spacial score (nSPS) is 21.2. The molecule has 2 aliphatic heterocycles. The van der Waals surface area contributed by atoms with Crippen LogP contribution in [0.4, 0.5) is 0 Å². The van der Waals surface area contributed by atoms with Crippen LogP contribution < -0.4 is 4.74 Å². The Labute approximate surface area is 251 Å². The van der Waals surface area contributed by atoms with Crippen LogP contribution >= 0.6 is 23.2 Å². The van der Waals surface area contributed by atoms with Gasteiger partial charge < -0.3 is 18.8 Å². The number of hydrogen-bond acceptors (Lipinski definition) is 5. The lowest BCUT2D eigenvalue weighted by atomic mass is 9.99. The molecular formula is C33H32Cl2N3O3. The van der Waals surface area contributed by atoms with Gasteiger partial charge in [0.25, 0.3) is 0 Å². The van der Waals surface area contributed by atoms with E-state index in [2.05, 4.69) is 58.4 Å². The number of imidazole rings is 1. The van der Waals surface area contributed by atoms with Crippen LogP contribution in [-0.4, -0.2) is 46.9 Å². The summed E-state index contributed by atoms with van der Waals surface area (Å²) in [4.78, 5) is 6.64. The molecule has 2 atom stereocenters. The Kier molecular flexibility index (Phi) is 8.75. The van der Waals surface area contributed by atoms with Crippen molar-refractivity contribution in [3.05, 3.63) is 124 Å². The van der Waals surface area contributed by atoms with Crippen LogP contribution in [0.15, 0.2) is 85.5 Å². The van der Waals surface area contributed by atoms with E-state index in [1.807, 2.05) is 29.0 Å². The van der Waals surface area contributed by atoms with Gasteiger partial charge in [0.15, 0.2) is 0 Å². The molecule has 1 aromatic heterocycles. The maximum atomic E-state index is 6.64. The number of aromatic nitrogens is 2. The molecule has 6 nitrogen and oxygen atoms in total. The molecule has 3 heterocycles. The highest BCUT2D eigenvalue weighted by Gasteiger charge is 2.42. The Balaban J connectivity index is 1.09. The second-order valence-electron chi connectivity index (χ2n) is 10.5. The molecule has 41 heavy (non-hydrogen) atoms. The summed E-state index contributed by atoms with van der Waals surface area (Å²) in [5, 5.41) is 1.06. The molecule has 4 aromatic rings. The minimum atomic E-state index is -1.08. The zero-order valence-electron chi connectivity index (χ0n) is 22.7. The smallest absolute Gasteiger partial charge is 0.215 e. The Morgan fingerprint density at radius 1 is 1.10 bits per heavy atom. The van der Waals surface area contributed by atoms with Crippen molar-refractivity contribution in [3.63, 3.8) is 0 Å². The second kappa shape index (κ2) is 12.8. The number of nitrogens with zero attached hydrogens (tertiary/aromatic N) is 3. The topological polar surface area (TPSA) is 48.8 Å². The molecule has 1 radical (unpaired) electrons. The SMILES string of the molecule is Clc1ccc(C2(Cn3ccnc3)OCCC(COc3ccc4c(c3)CCN(C/C=C\c3cc[c]cc3)C4)O2)c(Cl)c1. The molecule has 0 N–H and O–H groups in total. The molecule has 1 fully saturated rings. The zero-order valence-corrected chi connectivity index (χ0v) is 24.2. The summed E-state index contributed by atoms with van der Waals surface area (Å²) < 4.78 is 21.1. The summed E-state index contributed by atoms with van der Waals surface area (Å²) in [6, 6.07) is 22.9. The van der Waals surface area contributed by atoms with Gasteiger partial charge >= 0.3 is 0 Å². The Hall–Kier alpha value is -3.13. The van der Waals surface area contributed by atoms with Crippen LogP contribution in [0.5, 0.6) is 5.75 Å². The highest BCUT2D eigenvalue weighted by Crippen LogP contribution is 2.40. The van der Waals surface area contributed by atoms with E-state index in [4.69, 9.17) is 37.4 Å². The van der Waals surface area contributed by atoms with Crippen molar-refractivity contribution in [2.75, 3.05) is 26.3 Å². The van der Waals surface area contributed by atoms with Crippen molar-refractivity contribution in [2.45, 2.75) is 37.8 Å². The third-order valence-corrected chi connectivity index (χ3v) is 8.09. The zero-order chi connectivity index (χ0) is 28.1. The molecule has 1 saturated heterocycles. The van der Waals surface area contributed by atoms with E-state index in [9.17, 15) is 0 Å². The van der Waals surface area contributed by atoms with Gasteiger partial charge in [0.2, 0.25) is 5.79 Å². The van der Waals surface area contributed by atoms with Gasteiger partial charge in [0, 0.05) is 49.0 Å². The van der Waals surface area contributed by atoms with Gasteiger partial charge in [0.1, 0.15) is 12.4 Å². The average Bonchev–Trinajstić information content (AvgIpc) is 3.49. The minimum Gasteiger partial charge on any atom is -0.491 e. The Bertz CT molecular complexity index is 1480. The van der Waals surface area contributed by atoms with Gasteiger partial charge in [0.05, 0.1) is 30.6 Å². The van der Waals surface area contributed by atoms with Gasteiger partial charge in [-0.1, -0.05) is 71.8 Å². The summed E-state index contributed by atoms with van der Waals surface area (Å²) in [7, 11) is 0. The molecule has 211 valence electrons. The third-order valence-electron chi connectivity index (χ3n) is 7.55.